The summed E-state index contributed by atoms with van der Waals surface area (Å²) >= 11 is 1.49. The Hall–Kier alpha value is -2.78. The van der Waals surface area contributed by atoms with Gasteiger partial charge in [0.05, 0.1) is 15.1 Å². The molecule has 0 N–H and O–H groups in total. The zero-order chi connectivity index (χ0) is 18.5. The molecule has 0 spiro atoms. The summed E-state index contributed by atoms with van der Waals surface area (Å²) in [5.41, 5.74) is 3.34. The zero-order valence-electron chi connectivity index (χ0n) is 15.2. The molecule has 0 bridgehead atoms. The highest BCUT2D eigenvalue weighted by molar-refractivity contribution is 7.26. The smallest absolute Gasteiger partial charge is 0.141 e. The van der Waals surface area contributed by atoms with Crippen molar-refractivity contribution < 1.29 is 4.39 Å². The molecule has 3 aromatic carbocycles. The molecule has 132 valence electrons. The lowest BCUT2D eigenvalue weighted by Crippen LogP contribution is -1.92. The van der Waals surface area contributed by atoms with Gasteiger partial charge in [-0.15, -0.1) is 11.3 Å². The van der Waals surface area contributed by atoms with Gasteiger partial charge in [0, 0.05) is 22.5 Å². The molecule has 0 aliphatic heterocycles. The van der Waals surface area contributed by atoms with Gasteiger partial charge in [-0.25, -0.2) is 4.39 Å². The number of aromatic nitrogens is 1. The van der Waals surface area contributed by atoms with Gasteiger partial charge in [0.1, 0.15) is 5.82 Å². The fourth-order valence-electron chi connectivity index (χ4n) is 3.85. The molecule has 0 saturated heterocycles. The van der Waals surface area contributed by atoms with Gasteiger partial charge in [-0.1, -0.05) is 50.2 Å². The molecular formula is C24H18FNS. The molecule has 5 rings (SSSR count). The van der Waals surface area contributed by atoms with Crippen molar-refractivity contribution in [2.75, 3.05) is 0 Å². The third-order valence-corrected chi connectivity index (χ3v) is 6.39. The molecule has 1 nitrogen and oxygen atoms in total. The van der Waals surface area contributed by atoms with E-state index in [4.69, 9.17) is 4.98 Å². The fourth-order valence-corrected chi connectivity index (χ4v) is 5.06. The number of hydrogen-bond donors (Lipinski definition) is 0. The number of nitrogens with zero attached hydrogens (tertiary/aromatic N) is 1. The van der Waals surface area contributed by atoms with Crippen LogP contribution < -0.4 is 0 Å². The maximum Gasteiger partial charge on any atom is 0.141 e. The first-order chi connectivity index (χ1) is 13.1. The Morgan fingerprint density at radius 2 is 1.63 bits per heavy atom. The second-order valence-electron chi connectivity index (χ2n) is 7.20. The van der Waals surface area contributed by atoms with E-state index >= 15 is 0 Å². The molecule has 27 heavy (non-hydrogen) atoms. The Balaban J connectivity index is 1.86. The van der Waals surface area contributed by atoms with Gasteiger partial charge < -0.3 is 0 Å². The van der Waals surface area contributed by atoms with Crippen molar-refractivity contribution in [2.24, 2.45) is 0 Å². The van der Waals surface area contributed by atoms with Gasteiger partial charge in [0.15, 0.2) is 0 Å². The van der Waals surface area contributed by atoms with E-state index in [1.165, 1.54) is 33.7 Å². The lowest BCUT2D eigenvalue weighted by Gasteiger charge is -2.13. The number of halogens is 1. The molecule has 0 atom stereocenters. The van der Waals surface area contributed by atoms with E-state index in [-0.39, 0.29) is 5.82 Å². The monoisotopic (exact) mass is 371 g/mol. The van der Waals surface area contributed by atoms with Crippen LogP contribution in [0.2, 0.25) is 0 Å². The number of benzene rings is 3. The summed E-state index contributed by atoms with van der Waals surface area (Å²) in [5.74, 6) is 0.245. The lowest BCUT2D eigenvalue weighted by molar-refractivity contribution is 0.642. The number of thiophene rings is 1. The third kappa shape index (κ3) is 2.54. The largest absolute Gasteiger partial charge is 0.255 e. The summed E-state index contributed by atoms with van der Waals surface area (Å²) in [6.07, 6.45) is 1.83. The second-order valence-corrected chi connectivity index (χ2v) is 8.22. The van der Waals surface area contributed by atoms with Crippen LogP contribution in [0.15, 0.2) is 66.9 Å². The quantitative estimate of drug-likeness (QED) is 0.312. The van der Waals surface area contributed by atoms with Crippen LogP contribution in [-0.4, -0.2) is 4.98 Å². The Labute approximate surface area is 161 Å². The van der Waals surface area contributed by atoms with Crippen LogP contribution in [0.4, 0.5) is 4.39 Å². The van der Waals surface area contributed by atoms with E-state index in [1.807, 2.05) is 18.3 Å². The first kappa shape index (κ1) is 16.4. The molecule has 0 unspecified atom stereocenters. The van der Waals surface area contributed by atoms with Gasteiger partial charge in [-0.2, -0.15) is 0 Å². The fraction of sp³-hybridized carbons (Fsp3) is 0.125. The summed E-state index contributed by atoms with van der Waals surface area (Å²) in [4.78, 5) is 4.70. The van der Waals surface area contributed by atoms with Gasteiger partial charge in [-0.3, -0.25) is 4.98 Å². The van der Waals surface area contributed by atoms with Crippen LogP contribution in [-0.2, 0) is 0 Å². The van der Waals surface area contributed by atoms with Crippen molar-refractivity contribution in [3.8, 4) is 11.3 Å². The highest BCUT2D eigenvalue weighted by Gasteiger charge is 2.15. The normalized spacial score (nSPS) is 11.9. The minimum Gasteiger partial charge on any atom is -0.255 e. The summed E-state index contributed by atoms with van der Waals surface area (Å²) in [7, 11) is 0. The van der Waals surface area contributed by atoms with Crippen LogP contribution in [0.5, 0.6) is 0 Å². The molecule has 5 aromatic rings. The predicted molar refractivity (Wildman–Crippen MR) is 114 cm³/mol. The van der Waals surface area contributed by atoms with E-state index in [9.17, 15) is 4.39 Å². The molecule has 0 amide bonds. The maximum absolute atomic E-state index is 14.3. The predicted octanol–water partition coefficient (Wildman–Crippen LogP) is 7.53. The van der Waals surface area contributed by atoms with Gasteiger partial charge in [-0.05, 0) is 46.5 Å². The van der Waals surface area contributed by atoms with Crippen molar-refractivity contribution in [3.05, 3.63) is 78.2 Å². The molecule has 3 heteroatoms. The Bertz CT molecular complexity index is 1320. The second kappa shape index (κ2) is 6.14. The Kier molecular flexibility index (Phi) is 3.73. The minimum absolute atomic E-state index is 0.166. The highest BCUT2D eigenvalue weighted by atomic mass is 32.1. The van der Waals surface area contributed by atoms with E-state index in [0.29, 0.717) is 10.6 Å². The van der Waals surface area contributed by atoms with Crippen molar-refractivity contribution in [3.63, 3.8) is 0 Å². The number of hydrogen-bond acceptors (Lipinski definition) is 2. The van der Waals surface area contributed by atoms with Crippen LogP contribution in [0.25, 0.3) is 42.2 Å². The van der Waals surface area contributed by atoms with Crippen LogP contribution in [0.3, 0.4) is 0 Å². The van der Waals surface area contributed by atoms with Gasteiger partial charge in [0.2, 0.25) is 0 Å². The molecule has 2 heterocycles. The number of rotatable bonds is 2. The van der Waals surface area contributed by atoms with Crippen LogP contribution >= 0.6 is 11.3 Å². The molecule has 0 aliphatic carbocycles. The van der Waals surface area contributed by atoms with Crippen molar-refractivity contribution in [1.82, 2.24) is 4.98 Å². The standard InChI is InChI=1S/C24H18FNS/c1-14(2)20-13-16(12-15-6-3-4-7-17(15)20)22-24-19(10-11-26-22)18-8-5-9-21(25)23(18)27-24/h3-14H,1-2H3. The Morgan fingerprint density at radius 1 is 0.852 bits per heavy atom. The first-order valence-corrected chi connectivity index (χ1v) is 9.94. The van der Waals surface area contributed by atoms with Crippen molar-refractivity contribution in [1.29, 1.82) is 0 Å². The van der Waals surface area contributed by atoms with E-state index in [2.05, 4.69) is 50.2 Å². The average molecular weight is 371 g/mol. The lowest BCUT2D eigenvalue weighted by atomic mass is 9.92. The SMILES string of the molecule is CC(C)c1cc(-c2nccc3c2sc2c(F)cccc23)cc2ccccc12. The summed E-state index contributed by atoms with van der Waals surface area (Å²) < 4.78 is 16.1. The summed E-state index contributed by atoms with van der Waals surface area (Å²) in [6.45, 7) is 4.43. The minimum atomic E-state index is -0.166. The van der Waals surface area contributed by atoms with E-state index in [0.717, 1.165) is 26.7 Å². The molecule has 0 radical (unpaired) electrons. The molecule has 0 saturated carbocycles. The van der Waals surface area contributed by atoms with Crippen molar-refractivity contribution >= 4 is 42.3 Å². The van der Waals surface area contributed by atoms with Crippen molar-refractivity contribution in [2.45, 2.75) is 19.8 Å². The van der Waals surface area contributed by atoms with Gasteiger partial charge in [0.25, 0.3) is 0 Å². The topological polar surface area (TPSA) is 12.9 Å². The first-order valence-electron chi connectivity index (χ1n) is 9.12. The molecule has 0 aliphatic rings. The van der Waals surface area contributed by atoms with Crippen LogP contribution in [0, 0.1) is 5.82 Å². The zero-order valence-corrected chi connectivity index (χ0v) is 16.0. The molecule has 0 fully saturated rings. The summed E-state index contributed by atoms with van der Waals surface area (Å²) in [5, 5.41) is 4.53. The summed E-state index contributed by atoms with van der Waals surface area (Å²) in [6, 6.07) is 20.2. The van der Waals surface area contributed by atoms with Gasteiger partial charge >= 0.3 is 0 Å². The van der Waals surface area contributed by atoms with Crippen LogP contribution in [0.1, 0.15) is 25.3 Å². The molecular weight excluding hydrogens is 353 g/mol. The number of fused-ring (bicyclic) bond motifs is 4. The average Bonchev–Trinajstić information content (AvgIpc) is 3.07. The Morgan fingerprint density at radius 3 is 2.48 bits per heavy atom. The molecule has 2 aromatic heterocycles. The third-order valence-electron chi connectivity index (χ3n) is 5.16. The van der Waals surface area contributed by atoms with E-state index in [1.54, 1.807) is 6.07 Å². The maximum atomic E-state index is 14.3. The highest BCUT2D eigenvalue weighted by Crippen LogP contribution is 2.41. The van der Waals surface area contributed by atoms with E-state index < -0.39 is 0 Å². The number of pyridine rings is 1.